The summed E-state index contributed by atoms with van der Waals surface area (Å²) < 4.78 is 50.1. The van der Waals surface area contributed by atoms with Gasteiger partial charge in [0.05, 0.1) is 23.4 Å². The lowest BCUT2D eigenvalue weighted by molar-refractivity contribution is -0.137. The van der Waals surface area contributed by atoms with Crippen LogP contribution in [0.3, 0.4) is 0 Å². The summed E-state index contributed by atoms with van der Waals surface area (Å²) in [6, 6.07) is 5.49. The summed E-state index contributed by atoms with van der Waals surface area (Å²) in [5.74, 6) is -1.52. The summed E-state index contributed by atoms with van der Waals surface area (Å²) in [7, 11) is 1.44. The number of amides is 4. The summed E-state index contributed by atoms with van der Waals surface area (Å²) >= 11 is 5.98. The predicted molar refractivity (Wildman–Crippen MR) is 114 cm³/mol. The van der Waals surface area contributed by atoms with Crippen molar-refractivity contribution in [2.75, 3.05) is 18.6 Å². The molecule has 3 rings (SSSR count). The lowest BCUT2D eigenvalue weighted by Crippen LogP contribution is -2.54. The summed E-state index contributed by atoms with van der Waals surface area (Å²) in [6.45, 7) is 3.65. The first kappa shape index (κ1) is 23.9. The molecule has 2 aromatic carbocycles. The molecule has 0 aromatic heterocycles. The first-order valence-electron chi connectivity index (χ1n) is 9.26. The van der Waals surface area contributed by atoms with Crippen LogP contribution < -0.4 is 19.7 Å². The van der Waals surface area contributed by atoms with Gasteiger partial charge in [-0.25, -0.2) is 9.69 Å². The quantitative estimate of drug-likeness (QED) is 0.371. The maximum Gasteiger partial charge on any atom is 0.416 e. The van der Waals surface area contributed by atoms with Gasteiger partial charge in [0.25, 0.3) is 11.8 Å². The Balaban J connectivity index is 2.09. The summed E-state index contributed by atoms with van der Waals surface area (Å²) in [4.78, 5) is 38.2. The Labute approximate surface area is 191 Å². The second kappa shape index (κ2) is 9.37. The Morgan fingerprint density at radius 3 is 2.52 bits per heavy atom. The lowest BCUT2D eigenvalue weighted by atomic mass is 10.1. The van der Waals surface area contributed by atoms with Crippen LogP contribution in [0.25, 0.3) is 6.08 Å². The zero-order chi connectivity index (χ0) is 24.3. The molecule has 1 heterocycles. The van der Waals surface area contributed by atoms with Gasteiger partial charge < -0.3 is 9.47 Å². The third-order valence-electron chi connectivity index (χ3n) is 4.49. The van der Waals surface area contributed by atoms with Crippen LogP contribution in [0.15, 0.2) is 54.6 Å². The SMILES string of the molecule is C=CCOc1cc(OC)ccc1/C=C1/C(=O)NC(=O)N(c2cc(C(F)(F)F)ccc2Cl)C1=O. The minimum atomic E-state index is -4.75. The summed E-state index contributed by atoms with van der Waals surface area (Å²) in [6.07, 6.45) is -2.12. The Morgan fingerprint density at radius 1 is 1.15 bits per heavy atom. The Morgan fingerprint density at radius 2 is 1.88 bits per heavy atom. The Bertz CT molecular complexity index is 1180. The number of hydrogen-bond donors (Lipinski definition) is 1. The molecule has 0 radical (unpaired) electrons. The van der Waals surface area contributed by atoms with Crippen LogP contribution in [-0.2, 0) is 15.8 Å². The smallest absolute Gasteiger partial charge is 0.416 e. The number of barbiturate groups is 1. The second-order valence-electron chi connectivity index (χ2n) is 6.63. The van der Waals surface area contributed by atoms with E-state index in [0.29, 0.717) is 22.8 Å². The fourth-order valence-corrected chi connectivity index (χ4v) is 3.13. The maximum absolute atomic E-state index is 13.2. The number of nitrogens with one attached hydrogen (secondary N) is 1. The van der Waals surface area contributed by atoms with Crippen molar-refractivity contribution >= 4 is 41.2 Å². The van der Waals surface area contributed by atoms with E-state index >= 15 is 0 Å². The number of carbonyl (C=O) groups is 3. The van der Waals surface area contributed by atoms with Gasteiger partial charge in [0.2, 0.25) is 0 Å². The van der Waals surface area contributed by atoms with Crippen molar-refractivity contribution in [3.8, 4) is 11.5 Å². The van der Waals surface area contributed by atoms with Crippen molar-refractivity contribution in [3.05, 3.63) is 70.8 Å². The molecule has 172 valence electrons. The van der Waals surface area contributed by atoms with Crippen molar-refractivity contribution in [2.45, 2.75) is 6.18 Å². The Hall–Kier alpha value is -3.79. The van der Waals surface area contributed by atoms with Gasteiger partial charge in [-0.05, 0) is 36.4 Å². The number of carbonyl (C=O) groups excluding carboxylic acids is 3. The first-order chi connectivity index (χ1) is 15.6. The van der Waals surface area contributed by atoms with E-state index in [1.165, 1.54) is 25.3 Å². The number of imide groups is 2. The molecule has 1 fully saturated rings. The van der Waals surface area contributed by atoms with Gasteiger partial charge in [0, 0.05) is 11.6 Å². The van der Waals surface area contributed by atoms with Crippen molar-refractivity contribution < 1.29 is 37.0 Å². The normalized spacial score (nSPS) is 15.5. The van der Waals surface area contributed by atoms with Gasteiger partial charge in [-0.2, -0.15) is 13.2 Å². The number of ether oxygens (including phenoxy) is 2. The molecule has 0 spiro atoms. The van der Waals surface area contributed by atoms with Crippen LogP contribution in [0.5, 0.6) is 11.5 Å². The van der Waals surface area contributed by atoms with Crippen LogP contribution >= 0.6 is 11.6 Å². The molecule has 1 aliphatic rings. The molecule has 1 aliphatic heterocycles. The third-order valence-corrected chi connectivity index (χ3v) is 4.81. The highest BCUT2D eigenvalue weighted by Gasteiger charge is 2.39. The molecule has 0 bridgehead atoms. The minimum Gasteiger partial charge on any atom is -0.497 e. The van der Waals surface area contributed by atoms with Crippen LogP contribution in [0.2, 0.25) is 5.02 Å². The average molecular weight is 481 g/mol. The molecule has 11 heteroatoms. The highest BCUT2D eigenvalue weighted by atomic mass is 35.5. The first-order valence-corrected chi connectivity index (χ1v) is 9.64. The topological polar surface area (TPSA) is 84.9 Å². The minimum absolute atomic E-state index is 0.105. The average Bonchev–Trinajstić information content (AvgIpc) is 2.75. The van der Waals surface area contributed by atoms with Gasteiger partial charge in [0.15, 0.2) is 0 Å². The number of urea groups is 1. The summed E-state index contributed by atoms with van der Waals surface area (Å²) in [5.41, 5.74) is -1.89. The molecule has 1 N–H and O–H groups in total. The molecule has 0 saturated carbocycles. The fraction of sp³-hybridized carbons (Fsp3) is 0.136. The molecule has 0 atom stereocenters. The van der Waals surface area contributed by atoms with Crippen molar-refractivity contribution in [1.82, 2.24) is 5.32 Å². The van der Waals surface area contributed by atoms with Crippen molar-refractivity contribution in [1.29, 1.82) is 0 Å². The van der Waals surface area contributed by atoms with E-state index in [1.54, 1.807) is 6.07 Å². The standard InChI is InChI=1S/C22H16ClF3N2O5/c1-3-8-33-18-11-14(32-2)6-4-12(18)9-15-19(29)27-21(31)28(20(15)30)17-10-13(22(24,25)26)5-7-16(17)23/h3-7,9-11H,1,8H2,2H3,(H,27,29,31)/b15-9-. The van der Waals surface area contributed by atoms with Crippen LogP contribution in [0.1, 0.15) is 11.1 Å². The number of anilines is 1. The van der Waals surface area contributed by atoms with Gasteiger partial charge in [-0.15, -0.1) is 0 Å². The lowest BCUT2D eigenvalue weighted by Gasteiger charge is -2.27. The number of methoxy groups -OCH3 is 1. The van der Waals surface area contributed by atoms with Crippen LogP contribution in [-0.4, -0.2) is 31.6 Å². The maximum atomic E-state index is 13.2. The fourth-order valence-electron chi connectivity index (χ4n) is 2.93. The van der Waals surface area contributed by atoms with Crippen LogP contribution in [0.4, 0.5) is 23.7 Å². The van der Waals surface area contributed by atoms with E-state index in [2.05, 4.69) is 6.58 Å². The molecule has 0 aliphatic carbocycles. The summed E-state index contributed by atoms with van der Waals surface area (Å²) in [5, 5.41) is 1.64. The Kier molecular flexibility index (Phi) is 6.78. The van der Waals surface area contributed by atoms with Gasteiger partial charge in [-0.3, -0.25) is 14.9 Å². The highest BCUT2D eigenvalue weighted by molar-refractivity contribution is 6.42. The van der Waals surface area contributed by atoms with Gasteiger partial charge in [-0.1, -0.05) is 24.3 Å². The van der Waals surface area contributed by atoms with Gasteiger partial charge in [0.1, 0.15) is 23.7 Å². The van der Waals surface area contributed by atoms with E-state index < -0.39 is 40.8 Å². The van der Waals surface area contributed by atoms with E-state index in [1.807, 2.05) is 5.32 Å². The van der Waals surface area contributed by atoms with Gasteiger partial charge >= 0.3 is 12.2 Å². The molecule has 1 saturated heterocycles. The van der Waals surface area contributed by atoms with Crippen LogP contribution in [0, 0.1) is 0 Å². The highest BCUT2D eigenvalue weighted by Crippen LogP contribution is 2.37. The molecule has 2 aromatic rings. The number of alkyl halides is 3. The van der Waals surface area contributed by atoms with E-state index in [0.717, 1.165) is 12.1 Å². The molecular weight excluding hydrogens is 465 g/mol. The number of hydrogen-bond acceptors (Lipinski definition) is 5. The predicted octanol–water partition coefficient (Wildman–Crippen LogP) is 4.60. The zero-order valence-electron chi connectivity index (χ0n) is 17.0. The number of benzene rings is 2. The van der Waals surface area contributed by atoms with Crippen molar-refractivity contribution in [2.24, 2.45) is 0 Å². The van der Waals surface area contributed by atoms with Crippen molar-refractivity contribution in [3.63, 3.8) is 0 Å². The molecule has 7 nitrogen and oxygen atoms in total. The molecule has 0 unspecified atom stereocenters. The second-order valence-corrected chi connectivity index (χ2v) is 7.03. The molecular formula is C22H16ClF3N2O5. The third kappa shape index (κ3) is 5.01. The van der Waals surface area contributed by atoms with E-state index in [-0.39, 0.29) is 22.9 Å². The van der Waals surface area contributed by atoms with E-state index in [4.69, 9.17) is 21.1 Å². The number of nitrogens with zero attached hydrogens (tertiary/aromatic N) is 1. The number of halogens is 4. The molecule has 4 amide bonds. The zero-order valence-corrected chi connectivity index (χ0v) is 17.8. The largest absolute Gasteiger partial charge is 0.497 e. The van der Waals surface area contributed by atoms with E-state index in [9.17, 15) is 27.6 Å². The monoisotopic (exact) mass is 480 g/mol. The molecule has 33 heavy (non-hydrogen) atoms. The number of rotatable bonds is 6.